The minimum absolute atomic E-state index is 0.695. The number of aromatic amines is 1. The van der Waals surface area contributed by atoms with Gasteiger partial charge in [-0.05, 0) is 64.7 Å². The molecule has 0 spiro atoms. The van der Waals surface area contributed by atoms with Crippen LogP contribution in [0.2, 0.25) is 0 Å². The fourth-order valence-electron chi connectivity index (χ4n) is 5.52. The molecule has 0 radical (unpaired) electrons. The number of hydrogen-bond acceptors (Lipinski definition) is 3. The lowest BCUT2D eigenvalue weighted by atomic mass is 10.0. The van der Waals surface area contributed by atoms with Crippen LogP contribution >= 0.6 is 0 Å². The fraction of sp³-hybridized carbons (Fsp3) is 0. The molecule has 8 rings (SSSR count). The Morgan fingerprint density at radius 1 is 0.500 bits per heavy atom. The van der Waals surface area contributed by atoms with E-state index in [1.54, 1.807) is 0 Å². The predicted octanol–water partition coefficient (Wildman–Crippen LogP) is 9.62. The van der Waals surface area contributed by atoms with E-state index in [1.165, 1.54) is 0 Å². The summed E-state index contributed by atoms with van der Waals surface area (Å²) in [5.41, 5.74) is 7.44. The van der Waals surface area contributed by atoms with E-state index in [1.807, 2.05) is 54.6 Å². The third kappa shape index (κ3) is 3.86. The summed E-state index contributed by atoms with van der Waals surface area (Å²) in [4.78, 5) is 13.8. The van der Waals surface area contributed by atoms with Gasteiger partial charge in [0.1, 0.15) is 11.2 Å². The third-order valence-electron chi connectivity index (χ3n) is 7.42. The minimum Gasteiger partial charge on any atom is -0.457 e. The fourth-order valence-corrected chi connectivity index (χ4v) is 5.52. The normalized spacial score (nSPS) is 11.5. The summed E-state index contributed by atoms with van der Waals surface area (Å²) in [6.45, 7) is 0. The van der Waals surface area contributed by atoms with Gasteiger partial charge in [0.2, 0.25) is 0 Å². The number of aromatic nitrogens is 3. The van der Waals surface area contributed by atoms with Gasteiger partial charge in [-0.25, -0.2) is 9.97 Å². The molecule has 188 valence electrons. The smallest absolute Gasteiger partial charge is 0.160 e. The lowest BCUT2D eigenvalue weighted by Gasteiger charge is -2.10. The molecule has 0 aliphatic heterocycles. The maximum Gasteiger partial charge on any atom is 0.160 e. The molecule has 0 fully saturated rings. The Morgan fingerprint density at radius 3 is 2.27 bits per heavy atom. The number of nitrogens with one attached hydrogen (secondary N) is 1. The predicted molar refractivity (Wildman–Crippen MR) is 165 cm³/mol. The minimum atomic E-state index is 0.695. The van der Waals surface area contributed by atoms with Crippen LogP contribution in [0.1, 0.15) is 0 Å². The molecule has 4 nitrogen and oxygen atoms in total. The van der Waals surface area contributed by atoms with E-state index in [0.29, 0.717) is 5.82 Å². The first-order chi connectivity index (χ1) is 19.8. The highest BCUT2D eigenvalue weighted by Gasteiger charge is 2.12. The highest BCUT2D eigenvalue weighted by Crippen LogP contribution is 2.33. The van der Waals surface area contributed by atoms with Crippen LogP contribution < -0.4 is 0 Å². The van der Waals surface area contributed by atoms with Crippen molar-refractivity contribution < 1.29 is 4.42 Å². The van der Waals surface area contributed by atoms with Gasteiger partial charge in [-0.1, -0.05) is 78.9 Å². The van der Waals surface area contributed by atoms with Gasteiger partial charge in [0, 0.05) is 39.0 Å². The molecule has 0 saturated heterocycles. The van der Waals surface area contributed by atoms with Crippen LogP contribution in [-0.4, -0.2) is 15.0 Å². The van der Waals surface area contributed by atoms with Gasteiger partial charge in [-0.15, -0.1) is 0 Å². The first kappa shape index (κ1) is 22.5. The Hall–Kier alpha value is -5.48. The zero-order valence-corrected chi connectivity index (χ0v) is 21.5. The van der Waals surface area contributed by atoms with Crippen LogP contribution in [-0.2, 0) is 0 Å². The second-order valence-electron chi connectivity index (χ2n) is 9.98. The van der Waals surface area contributed by atoms with Crippen molar-refractivity contribution in [1.82, 2.24) is 15.0 Å². The molecular weight excluding hydrogens is 490 g/mol. The van der Waals surface area contributed by atoms with Crippen LogP contribution in [0.3, 0.4) is 0 Å². The zero-order chi connectivity index (χ0) is 26.5. The lowest BCUT2D eigenvalue weighted by molar-refractivity contribution is 0.656. The van der Waals surface area contributed by atoms with E-state index in [4.69, 9.17) is 14.4 Å². The van der Waals surface area contributed by atoms with E-state index < -0.39 is 0 Å². The monoisotopic (exact) mass is 513 g/mol. The van der Waals surface area contributed by atoms with E-state index >= 15 is 0 Å². The largest absolute Gasteiger partial charge is 0.457 e. The molecule has 2 heterocycles. The molecule has 0 atom stereocenters. The van der Waals surface area contributed by atoms with Gasteiger partial charge in [0.05, 0.1) is 11.2 Å². The van der Waals surface area contributed by atoms with Gasteiger partial charge in [-0.3, -0.25) is 0 Å². The highest BCUT2D eigenvalue weighted by molar-refractivity contribution is 6.12. The Labute approximate surface area is 229 Å². The molecule has 4 heteroatoms. The number of hydrogen-bond donors (Lipinski definition) is 1. The molecule has 40 heavy (non-hydrogen) atoms. The molecule has 0 aliphatic rings. The van der Waals surface area contributed by atoms with E-state index in [0.717, 1.165) is 71.5 Å². The van der Waals surface area contributed by atoms with Crippen LogP contribution in [0.4, 0.5) is 0 Å². The molecule has 0 saturated carbocycles. The van der Waals surface area contributed by atoms with Crippen LogP contribution in [0.5, 0.6) is 0 Å². The van der Waals surface area contributed by atoms with Gasteiger partial charge in [-0.2, -0.15) is 0 Å². The van der Waals surface area contributed by atoms with E-state index in [9.17, 15) is 0 Å². The average Bonchev–Trinajstić information content (AvgIpc) is 3.02. The lowest BCUT2D eigenvalue weighted by Crippen LogP contribution is -1.95. The second-order valence-corrected chi connectivity index (χ2v) is 9.98. The van der Waals surface area contributed by atoms with Gasteiger partial charge in [0.25, 0.3) is 0 Å². The topological polar surface area (TPSA) is 54.7 Å². The van der Waals surface area contributed by atoms with Crippen molar-refractivity contribution in [1.29, 1.82) is 0 Å². The van der Waals surface area contributed by atoms with E-state index in [-0.39, 0.29) is 0 Å². The summed E-state index contributed by atoms with van der Waals surface area (Å²) in [7, 11) is 0. The van der Waals surface area contributed by atoms with Crippen LogP contribution in [0.25, 0.3) is 77.3 Å². The van der Waals surface area contributed by atoms with Gasteiger partial charge in [0.15, 0.2) is 5.82 Å². The van der Waals surface area contributed by atoms with Gasteiger partial charge >= 0.3 is 0 Å². The molecule has 1 N–H and O–H groups in total. The van der Waals surface area contributed by atoms with Crippen molar-refractivity contribution in [2.45, 2.75) is 0 Å². The van der Waals surface area contributed by atoms with Crippen molar-refractivity contribution in [3.63, 3.8) is 0 Å². The Morgan fingerprint density at radius 2 is 1.32 bits per heavy atom. The number of benzene rings is 6. The molecule has 6 aromatic carbocycles. The Balaban J connectivity index is 1.48. The molecule has 0 aliphatic carbocycles. The number of fused-ring (bicyclic) bond motifs is 6. The first-order valence-corrected chi connectivity index (χ1v) is 13.3. The molecule has 0 amide bonds. The summed E-state index contributed by atoms with van der Waals surface area (Å²) in [6, 6.07) is 45.7. The maximum atomic E-state index is 6.24. The Kier molecular flexibility index (Phi) is 5.10. The number of rotatable bonds is 2. The SMILES string of the molecule is c1ccc(-c2nc(-c3ccc4[nH]c5cccc(c5)oc5ccc6cccc(c6c5)c4c3)nc3ccccc23)cc1. The zero-order valence-electron chi connectivity index (χ0n) is 21.5. The van der Waals surface area contributed by atoms with E-state index in [2.05, 4.69) is 83.8 Å². The average molecular weight is 514 g/mol. The number of para-hydroxylation sites is 1. The Bertz CT molecular complexity index is 2280. The van der Waals surface area contributed by atoms with Crippen LogP contribution in [0.15, 0.2) is 138 Å². The summed E-state index contributed by atoms with van der Waals surface area (Å²) < 4.78 is 6.24. The van der Waals surface area contributed by atoms with Crippen molar-refractivity contribution in [3.05, 3.63) is 133 Å². The van der Waals surface area contributed by atoms with Crippen molar-refractivity contribution in [2.75, 3.05) is 0 Å². The summed E-state index contributed by atoms with van der Waals surface area (Å²) >= 11 is 0. The molecule has 4 bridgehead atoms. The summed E-state index contributed by atoms with van der Waals surface area (Å²) in [5, 5.41) is 5.51. The maximum absolute atomic E-state index is 6.24. The molecule has 8 aromatic rings. The van der Waals surface area contributed by atoms with Gasteiger partial charge < -0.3 is 9.40 Å². The highest BCUT2D eigenvalue weighted by atomic mass is 16.3. The summed E-state index contributed by atoms with van der Waals surface area (Å²) in [5.74, 6) is 0.695. The molecule has 2 aromatic heterocycles. The molecule has 0 unspecified atom stereocenters. The second kappa shape index (κ2) is 9.07. The molecular formula is C36H23N3O. The number of H-pyrrole nitrogens is 1. The quantitative estimate of drug-likeness (QED) is 0.250. The summed E-state index contributed by atoms with van der Waals surface area (Å²) in [6.07, 6.45) is 0. The first-order valence-electron chi connectivity index (χ1n) is 13.3. The van der Waals surface area contributed by atoms with Crippen molar-refractivity contribution in [2.24, 2.45) is 0 Å². The van der Waals surface area contributed by atoms with Crippen LogP contribution in [0, 0.1) is 0 Å². The van der Waals surface area contributed by atoms with Crippen molar-refractivity contribution in [3.8, 4) is 22.6 Å². The van der Waals surface area contributed by atoms with Crippen molar-refractivity contribution >= 4 is 54.6 Å². The number of nitrogens with zero attached hydrogens (tertiary/aromatic N) is 2. The standard InChI is InChI=1S/C36H23N3O/c1-2-8-24(9-3-1)35-30-13-4-5-15-33(30)38-36(39-35)25-17-19-34-32(20-25)29-14-6-10-23-16-18-28(22-31(23)29)40-27-12-7-11-26(21-27)37-34/h1-22,37H. The third-order valence-corrected chi connectivity index (χ3v) is 7.42.